The zero-order valence-corrected chi connectivity index (χ0v) is 8.98. The summed E-state index contributed by atoms with van der Waals surface area (Å²) in [4.78, 5) is 2.58. The number of likely N-dealkylation sites (tertiary alicyclic amines) is 1. The number of halogens is 1. The van der Waals surface area contributed by atoms with Gasteiger partial charge in [-0.05, 0) is 32.2 Å². The third-order valence-corrected chi connectivity index (χ3v) is 3.28. The van der Waals surface area contributed by atoms with E-state index in [4.69, 9.17) is 11.6 Å². The molecule has 1 fully saturated rings. The topological polar surface area (TPSA) is 3.24 Å². The third-order valence-electron chi connectivity index (χ3n) is 2.75. The Kier molecular flexibility index (Phi) is 4.38. The number of rotatable bonds is 3. The summed E-state index contributed by atoms with van der Waals surface area (Å²) in [7, 11) is 0. The van der Waals surface area contributed by atoms with Gasteiger partial charge < -0.3 is 4.90 Å². The highest BCUT2D eigenvalue weighted by molar-refractivity contribution is 6.18. The van der Waals surface area contributed by atoms with Crippen LogP contribution in [-0.4, -0.2) is 29.9 Å². The molecule has 1 rings (SSSR count). The van der Waals surface area contributed by atoms with Crippen LogP contribution in [0.2, 0.25) is 0 Å². The van der Waals surface area contributed by atoms with Crippen LogP contribution in [0, 0.1) is 5.92 Å². The van der Waals surface area contributed by atoms with Crippen LogP contribution in [0.25, 0.3) is 0 Å². The van der Waals surface area contributed by atoms with Crippen molar-refractivity contribution in [3.8, 4) is 0 Å². The van der Waals surface area contributed by atoms with Crippen molar-refractivity contribution < 1.29 is 0 Å². The molecular formula is C10H20ClN. The fourth-order valence-corrected chi connectivity index (χ4v) is 1.98. The lowest BCUT2D eigenvalue weighted by atomic mass is 10.0. The van der Waals surface area contributed by atoms with Crippen molar-refractivity contribution in [3.63, 3.8) is 0 Å². The van der Waals surface area contributed by atoms with Gasteiger partial charge in [0.05, 0.1) is 0 Å². The van der Waals surface area contributed by atoms with Crippen molar-refractivity contribution in [1.29, 1.82) is 0 Å². The Morgan fingerprint density at radius 1 is 1.50 bits per heavy atom. The maximum Gasteiger partial charge on any atom is 0.0261 e. The van der Waals surface area contributed by atoms with Crippen LogP contribution in [0.15, 0.2) is 0 Å². The van der Waals surface area contributed by atoms with Crippen LogP contribution >= 0.6 is 11.6 Å². The summed E-state index contributed by atoms with van der Waals surface area (Å²) in [6.07, 6.45) is 4.15. The first kappa shape index (κ1) is 10.3. The maximum absolute atomic E-state index is 5.79. The normalized spacial score (nSPS) is 28.8. The molecule has 0 saturated carbocycles. The molecule has 0 amide bonds. The highest BCUT2D eigenvalue weighted by atomic mass is 35.5. The van der Waals surface area contributed by atoms with Crippen molar-refractivity contribution >= 4 is 11.6 Å². The lowest BCUT2D eigenvalue weighted by Crippen LogP contribution is -2.40. The van der Waals surface area contributed by atoms with Gasteiger partial charge in [-0.15, -0.1) is 11.6 Å². The van der Waals surface area contributed by atoms with Crippen LogP contribution < -0.4 is 0 Å². The van der Waals surface area contributed by atoms with Crippen LogP contribution in [0.5, 0.6) is 0 Å². The molecule has 0 aliphatic carbocycles. The van der Waals surface area contributed by atoms with E-state index < -0.39 is 0 Å². The summed E-state index contributed by atoms with van der Waals surface area (Å²) < 4.78 is 0. The summed E-state index contributed by atoms with van der Waals surface area (Å²) in [6, 6.07) is 0.782. The smallest absolute Gasteiger partial charge is 0.0261 e. The summed E-state index contributed by atoms with van der Waals surface area (Å²) >= 11 is 5.79. The predicted molar refractivity (Wildman–Crippen MR) is 54.8 cm³/mol. The van der Waals surface area contributed by atoms with Gasteiger partial charge in [0.2, 0.25) is 0 Å². The van der Waals surface area contributed by atoms with Gasteiger partial charge in [-0.2, -0.15) is 0 Å². The molecule has 0 spiro atoms. The van der Waals surface area contributed by atoms with Gasteiger partial charge in [-0.3, -0.25) is 0 Å². The van der Waals surface area contributed by atoms with Crippen LogP contribution in [0.4, 0.5) is 0 Å². The average Bonchev–Trinajstić information content (AvgIpc) is 2.09. The molecule has 0 aromatic heterocycles. The van der Waals surface area contributed by atoms with Gasteiger partial charge in [0.25, 0.3) is 0 Å². The largest absolute Gasteiger partial charge is 0.300 e. The molecule has 2 heteroatoms. The lowest BCUT2D eigenvalue weighted by Gasteiger charge is -2.34. The van der Waals surface area contributed by atoms with E-state index >= 15 is 0 Å². The number of nitrogens with zero attached hydrogens (tertiary/aromatic N) is 1. The molecule has 0 aromatic carbocycles. The standard InChI is InChI=1S/C10H20ClN/c1-9(7-11)8-12-6-4-3-5-10(12)2/h9-10H,3-8H2,1-2H3. The van der Waals surface area contributed by atoms with Crippen molar-refractivity contribution in [2.45, 2.75) is 39.2 Å². The minimum absolute atomic E-state index is 0.646. The quantitative estimate of drug-likeness (QED) is 0.618. The number of hydrogen-bond donors (Lipinski definition) is 0. The molecule has 0 N–H and O–H groups in total. The molecule has 0 bridgehead atoms. The second-order valence-corrected chi connectivity index (χ2v) is 4.41. The fourth-order valence-electron chi connectivity index (χ4n) is 1.88. The van der Waals surface area contributed by atoms with Crippen molar-refractivity contribution in [2.24, 2.45) is 5.92 Å². The third kappa shape index (κ3) is 2.95. The molecule has 1 aliphatic heterocycles. The number of hydrogen-bond acceptors (Lipinski definition) is 1. The Balaban J connectivity index is 2.28. The van der Waals surface area contributed by atoms with Crippen molar-refractivity contribution in [3.05, 3.63) is 0 Å². The van der Waals surface area contributed by atoms with Gasteiger partial charge in [0, 0.05) is 18.5 Å². The zero-order valence-electron chi connectivity index (χ0n) is 8.22. The predicted octanol–water partition coefficient (Wildman–Crippen LogP) is 2.74. The monoisotopic (exact) mass is 189 g/mol. The minimum atomic E-state index is 0.646. The summed E-state index contributed by atoms with van der Waals surface area (Å²) in [6.45, 7) is 7.03. The van der Waals surface area contributed by atoms with E-state index in [0.29, 0.717) is 5.92 Å². The Morgan fingerprint density at radius 3 is 2.83 bits per heavy atom. The summed E-state index contributed by atoms with van der Waals surface area (Å²) in [5, 5.41) is 0. The SMILES string of the molecule is CC(CCl)CN1CCCCC1C. The highest BCUT2D eigenvalue weighted by Crippen LogP contribution is 2.17. The summed E-state index contributed by atoms with van der Waals surface area (Å²) in [5.41, 5.74) is 0. The second kappa shape index (κ2) is 5.08. The molecule has 1 heterocycles. The molecule has 1 saturated heterocycles. The van der Waals surface area contributed by atoms with E-state index in [0.717, 1.165) is 11.9 Å². The first-order valence-electron chi connectivity index (χ1n) is 5.04. The van der Waals surface area contributed by atoms with Crippen molar-refractivity contribution in [2.75, 3.05) is 19.0 Å². The Morgan fingerprint density at radius 2 is 2.25 bits per heavy atom. The van der Waals surface area contributed by atoms with E-state index in [2.05, 4.69) is 18.7 Å². The molecule has 1 aliphatic rings. The molecule has 72 valence electrons. The Bertz CT molecular complexity index is 127. The molecular weight excluding hydrogens is 170 g/mol. The first-order valence-corrected chi connectivity index (χ1v) is 5.57. The molecule has 0 radical (unpaired) electrons. The molecule has 12 heavy (non-hydrogen) atoms. The average molecular weight is 190 g/mol. The maximum atomic E-state index is 5.79. The number of piperidine rings is 1. The van der Waals surface area contributed by atoms with E-state index in [9.17, 15) is 0 Å². The van der Waals surface area contributed by atoms with Crippen LogP contribution in [0.3, 0.4) is 0 Å². The van der Waals surface area contributed by atoms with E-state index in [1.807, 2.05) is 0 Å². The van der Waals surface area contributed by atoms with E-state index in [1.54, 1.807) is 0 Å². The van der Waals surface area contributed by atoms with Gasteiger partial charge in [-0.1, -0.05) is 13.3 Å². The molecule has 2 unspecified atom stereocenters. The molecule has 2 atom stereocenters. The number of alkyl halides is 1. The minimum Gasteiger partial charge on any atom is -0.300 e. The van der Waals surface area contributed by atoms with Gasteiger partial charge in [0.15, 0.2) is 0 Å². The van der Waals surface area contributed by atoms with Gasteiger partial charge in [0.1, 0.15) is 0 Å². The first-order chi connectivity index (χ1) is 5.74. The van der Waals surface area contributed by atoms with Gasteiger partial charge in [-0.25, -0.2) is 0 Å². The van der Waals surface area contributed by atoms with E-state index in [1.165, 1.54) is 32.4 Å². The highest BCUT2D eigenvalue weighted by Gasteiger charge is 2.19. The second-order valence-electron chi connectivity index (χ2n) is 4.10. The van der Waals surface area contributed by atoms with Crippen molar-refractivity contribution in [1.82, 2.24) is 4.90 Å². The molecule has 1 nitrogen and oxygen atoms in total. The zero-order chi connectivity index (χ0) is 8.97. The van der Waals surface area contributed by atoms with Crippen LogP contribution in [-0.2, 0) is 0 Å². The van der Waals surface area contributed by atoms with Crippen LogP contribution in [0.1, 0.15) is 33.1 Å². The Labute approximate surface area is 81.1 Å². The lowest BCUT2D eigenvalue weighted by molar-refractivity contribution is 0.144. The summed E-state index contributed by atoms with van der Waals surface area (Å²) in [5.74, 6) is 1.44. The van der Waals surface area contributed by atoms with Gasteiger partial charge >= 0.3 is 0 Å². The van der Waals surface area contributed by atoms with E-state index in [-0.39, 0.29) is 0 Å². The molecule has 0 aromatic rings. The fraction of sp³-hybridized carbons (Fsp3) is 1.00. The Hall–Kier alpha value is 0.250.